The van der Waals surface area contributed by atoms with Crippen LogP contribution in [0.5, 0.6) is 0 Å². The van der Waals surface area contributed by atoms with Crippen LogP contribution in [0.2, 0.25) is 0 Å². The van der Waals surface area contributed by atoms with Gasteiger partial charge < -0.3 is 5.32 Å². The number of alkyl halides is 9. The number of benzene rings is 1. The van der Waals surface area contributed by atoms with Crippen LogP contribution in [0.4, 0.5) is 62.8 Å². The van der Waals surface area contributed by atoms with Crippen molar-refractivity contribution < 1.29 is 57.1 Å². The molecule has 1 rings (SSSR count). The van der Waals surface area contributed by atoms with Gasteiger partial charge in [-0.15, -0.1) is 0 Å². The zero-order valence-electron chi connectivity index (χ0n) is 10.5. The topological polar surface area (TPSA) is 12.0 Å². The minimum absolute atomic E-state index is 0.307. The summed E-state index contributed by atoms with van der Waals surface area (Å²) in [4.78, 5) is 0. The Morgan fingerprint density at radius 2 is 0.958 bits per heavy atom. The third-order valence-electron chi connectivity index (χ3n) is 2.70. The molecule has 24 heavy (non-hydrogen) atoms. The molecule has 0 radical (unpaired) electrons. The van der Waals surface area contributed by atoms with Gasteiger partial charge in [0.15, 0.2) is 23.3 Å². The number of rotatable bonds is 2. The smallest absolute Gasteiger partial charge is 0.354 e. The molecule has 14 heteroatoms. The lowest BCUT2D eigenvalue weighted by molar-refractivity contribution is -0.370. The van der Waals surface area contributed by atoms with E-state index in [9.17, 15) is 57.1 Å². The van der Waals surface area contributed by atoms with Crippen LogP contribution in [0.1, 0.15) is 0 Å². The van der Waals surface area contributed by atoms with Crippen molar-refractivity contribution >= 4 is 5.69 Å². The number of anilines is 1. The standard InChI is InChI=1S/C10H2F13N/c11-2-1-3(5(13)6(14)4(2)12)24-7(8(15,16)17,9(18,19)20)10(21,22)23/h1,24H. The van der Waals surface area contributed by atoms with Crippen molar-refractivity contribution in [3.05, 3.63) is 29.3 Å². The Balaban J connectivity index is 3.74. The SMILES string of the molecule is Fc1cc(NC(C(F)(F)F)(C(F)(F)F)C(F)(F)F)c(F)c(F)c1F. The van der Waals surface area contributed by atoms with Crippen molar-refractivity contribution in [3.8, 4) is 0 Å². The van der Waals surface area contributed by atoms with E-state index < -0.39 is 59.1 Å². The lowest BCUT2D eigenvalue weighted by atomic mass is 9.96. The maximum Gasteiger partial charge on any atom is 0.429 e. The van der Waals surface area contributed by atoms with Gasteiger partial charge in [0.05, 0.1) is 5.69 Å². The normalized spacial score (nSPS) is 14.0. The van der Waals surface area contributed by atoms with Crippen LogP contribution in [0, 0.1) is 23.3 Å². The van der Waals surface area contributed by atoms with Crippen molar-refractivity contribution in [2.24, 2.45) is 0 Å². The fourth-order valence-electron chi connectivity index (χ4n) is 1.56. The molecule has 138 valence electrons. The molecule has 0 aliphatic carbocycles. The van der Waals surface area contributed by atoms with E-state index in [0.717, 1.165) is 0 Å². The minimum Gasteiger partial charge on any atom is -0.354 e. The van der Waals surface area contributed by atoms with E-state index in [1.54, 1.807) is 0 Å². The van der Waals surface area contributed by atoms with Gasteiger partial charge in [0.2, 0.25) is 0 Å². The van der Waals surface area contributed by atoms with Crippen LogP contribution in [0.3, 0.4) is 0 Å². The van der Waals surface area contributed by atoms with Gasteiger partial charge in [0, 0.05) is 6.07 Å². The first kappa shape index (κ1) is 20.2. The second-order valence-corrected chi connectivity index (χ2v) is 4.22. The van der Waals surface area contributed by atoms with Gasteiger partial charge in [-0.3, -0.25) is 0 Å². The van der Waals surface area contributed by atoms with Gasteiger partial charge in [-0.25, -0.2) is 17.6 Å². The molecule has 0 atom stereocenters. The van der Waals surface area contributed by atoms with Gasteiger partial charge in [-0.1, -0.05) is 0 Å². The lowest BCUT2D eigenvalue weighted by Gasteiger charge is -2.39. The summed E-state index contributed by atoms with van der Waals surface area (Å²) in [5, 5.41) is -0.307. The molecule has 0 aliphatic heterocycles. The molecule has 0 saturated heterocycles. The first-order valence-electron chi connectivity index (χ1n) is 5.28. The molecule has 1 aromatic carbocycles. The summed E-state index contributed by atoms with van der Waals surface area (Å²) in [6.07, 6.45) is -21.5. The van der Waals surface area contributed by atoms with E-state index in [1.165, 1.54) is 0 Å². The van der Waals surface area contributed by atoms with Gasteiger partial charge >= 0.3 is 24.1 Å². The van der Waals surface area contributed by atoms with Crippen LogP contribution in [-0.2, 0) is 0 Å². The molecule has 1 aromatic rings. The second-order valence-electron chi connectivity index (χ2n) is 4.22. The molecule has 0 unspecified atom stereocenters. The minimum atomic E-state index is -7.16. The van der Waals surface area contributed by atoms with E-state index in [2.05, 4.69) is 0 Å². The zero-order chi connectivity index (χ0) is 19.3. The van der Waals surface area contributed by atoms with Crippen molar-refractivity contribution in [3.63, 3.8) is 0 Å². The summed E-state index contributed by atoms with van der Waals surface area (Å²) in [6.45, 7) is 0. The highest BCUT2D eigenvalue weighted by atomic mass is 19.4. The Morgan fingerprint density at radius 1 is 0.583 bits per heavy atom. The van der Waals surface area contributed by atoms with Gasteiger partial charge in [0.25, 0.3) is 0 Å². The first-order valence-corrected chi connectivity index (χ1v) is 5.28. The molecule has 0 bridgehead atoms. The zero-order valence-corrected chi connectivity index (χ0v) is 10.5. The van der Waals surface area contributed by atoms with Crippen LogP contribution < -0.4 is 5.32 Å². The van der Waals surface area contributed by atoms with Crippen LogP contribution in [0.25, 0.3) is 0 Å². The van der Waals surface area contributed by atoms with Crippen LogP contribution in [-0.4, -0.2) is 24.1 Å². The van der Waals surface area contributed by atoms with Crippen molar-refractivity contribution in [2.75, 3.05) is 5.32 Å². The summed E-state index contributed by atoms with van der Waals surface area (Å²) in [5.74, 6) is -11.0. The van der Waals surface area contributed by atoms with Gasteiger partial charge in [0.1, 0.15) is 0 Å². The molecular formula is C10H2F13N. The summed E-state index contributed by atoms with van der Waals surface area (Å²) < 4.78 is 165. The highest BCUT2D eigenvalue weighted by molar-refractivity contribution is 5.50. The van der Waals surface area contributed by atoms with E-state index in [1.807, 2.05) is 0 Å². The lowest BCUT2D eigenvalue weighted by Crippen LogP contribution is -2.70. The Hall–Kier alpha value is -1.89. The van der Waals surface area contributed by atoms with Gasteiger partial charge in [-0.2, -0.15) is 39.5 Å². The van der Waals surface area contributed by atoms with Crippen LogP contribution in [0.15, 0.2) is 6.07 Å². The molecule has 0 saturated carbocycles. The second kappa shape index (κ2) is 5.58. The van der Waals surface area contributed by atoms with E-state index in [-0.39, 0.29) is 5.32 Å². The summed E-state index contributed by atoms with van der Waals surface area (Å²) in [6, 6.07) is -0.814. The Labute approximate surface area is 123 Å². The van der Waals surface area contributed by atoms with Crippen molar-refractivity contribution in [1.82, 2.24) is 0 Å². The maximum atomic E-state index is 13.2. The van der Waals surface area contributed by atoms with Gasteiger partial charge in [-0.05, 0) is 0 Å². The molecule has 1 nitrogen and oxygen atoms in total. The molecule has 0 aromatic heterocycles. The molecule has 0 aliphatic rings. The number of halogens is 13. The Kier molecular flexibility index (Phi) is 4.69. The largest absolute Gasteiger partial charge is 0.429 e. The van der Waals surface area contributed by atoms with E-state index in [0.29, 0.717) is 0 Å². The molecule has 1 N–H and O–H groups in total. The quantitative estimate of drug-likeness (QED) is 0.427. The Morgan fingerprint density at radius 3 is 1.29 bits per heavy atom. The third kappa shape index (κ3) is 2.92. The fourth-order valence-corrected chi connectivity index (χ4v) is 1.56. The summed E-state index contributed by atoms with van der Waals surface area (Å²) in [7, 11) is 0. The molecular weight excluding hydrogens is 381 g/mol. The van der Waals surface area contributed by atoms with Crippen molar-refractivity contribution in [2.45, 2.75) is 24.1 Å². The summed E-state index contributed by atoms with van der Waals surface area (Å²) >= 11 is 0. The molecule has 0 heterocycles. The highest BCUT2D eigenvalue weighted by Gasteiger charge is 2.84. The predicted molar refractivity (Wildman–Crippen MR) is 50.8 cm³/mol. The summed E-state index contributed by atoms with van der Waals surface area (Å²) in [5.41, 5.74) is -9.29. The molecule has 0 amide bonds. The monoisotopic (exact) mass is 383 g/mol. The number of hydrogen-bond acceptors (Lipinski definition) is 1. The molecule has 0 fully saturated rings. The fraction of sp³-hybridized carbons (Fsp3) is 0.400. The maximum absolute atomic E-state index is 13.2. The van der Waals surface area contributed by atoms with Crippen LogP contribution >= 0.6 is 0 Å². The average molecular weight is 383 g/mol. The highest BCUT2D eigenvalue weighted by Crippen LogP contribution is 2.54. The van der Waals surface area contributed by atoms with E-state index in [4.69, 9.17) is 0 Å². The number of nitrogens with one attached hydrogen (secondary N) is 1. The van der Waals surface area contributed by atoms with Crippen molar-refractivity contribution in [1.29, 1.82) is 0 Å². The van der Waals surface area contributed by atoms with E-state index >= 15 is 0 Å². The Bertz CT molecular complexity index is 588. The average Bonchev–Trinajstić information content (AvgIpc) is 2.34. The first-order chi connectivity index (χ1) is 10.5. The third-order valence-corrected chi connectivity index (χ3v) is 2.70. The number of hydrogen-bond donors (Lipinski definition) is 1. The molecule has 0 spiro atoms. The predicted octanol–water partition coefficient (Wildman–Crippen LogP) is 5.08.